The number of carboxylic acids is 2. The Morgan fingerprint density at radius 1 is 0.859 bits per heavy atom. The SMILES string of the molecule is CSCC[C@H](N)C(=O)N[C@@H](C)C(=O)N[C@@H](CO)C(=O)N[C@@H](CC(=O)O)C(=O)N[C@@H](Cc1cnc[nH]1)C(=O)N[C@@H](CC(C)C)C(=O)N1CCC[C@H]1C(=O)N[C@@H](CCCN=C(N)N)C(=O)O. The first-order chi connectivity index (χ1) is 30.2. The van der Waals surface area contributed by atoms with Crippen molar-refractivity contribution >= 4 is 71.0 Å². The van der Waals surface area contributed by atoms with Crippen LogP contribution in [0.2, 0.25) is 0 Å². The number of nitrogens with two attached hydrogens (primary N) is 3. The zero-order chi connectivity index (χ0) is 48.1. The first-order valence-corrected chi connectivity index (χ1v) is 22.0. The smallest absolute Gasteiger partial charge is 0.326 e. The third-order valence-electron chi connectivity index (χ3n) is 9.88. The molecule has 2 heterocycles. The molecule has 1 aromatic rings. The highest BCUT2D eigenvalue weighted by atomic mass is 32.2. The number of hydrogen-bond donors (Lipinski definition) is 13. The van der Waals surface area contributed by atoms with Gasteiger partial charge in [0.1, 0.15) is 42.3 Å². The number of rotatable bonds is 28. The van der Waals surface area contributed by atoms with E-state index in [-0.39, 0.29) is 57.1 Å². The Bertz CT molecular complexity index is 1800. The van der Waals surface area contributed by atoms with Crippen LogP contribution in [0.3, 0.4) is 0 Å². The molecule has 0 spiro atoms. The number of aliphatic hydroxyl groups is 1. The summed E-state index contributed by atoms with van der Waals surface area (Å²) in [6, 6.07) is -10.8. The van der Waals surface area contributed by atoms with Crippen LogP contribution in [0.5, 0.6) is 0 Å². The molecule has 1 aliphatic rings. The second-order valence-electron chi connectivity index (χ2n) is 15.6. The molecule has 64 heavy (non-hydrogen) atoms. The Morgan fingerprint density at radius 3 is 2.06 bits per heavy atom. The van der Waals surface area contributed by atoms with Crippen LogP contribution in [0.1, 0.15) is 71.4 Å². The summed E-state index contributed by atoms with van der Waals surface area (Å²) in [5.41, 5.74) is 16.8. The summed E-state index contributed by atoms with van der Waals surface area (Å²) in [6.07, 6.45) is 4.47. The highest BCUT2D eigenvalue weighted by Gasteiger charge is 2.40. The molecule has 8 atom stereocenters. The van der Waals surface area contributed by atoms with Gasteiger partial charge >= 0.3 is 11.9 Å². The van der Waals surface area contributed by atoms with Crippen molar-refractivity contribution in [3.8, 4) is 0 Å². The van der Waals surface area contributed by atoms with E-state index < -0.39 is 115 Å². The standard InChI is InChI=1S/C38H63N13O12S/c1-19(2)13-26(36(61)51-11-6-8-28(51)35(60)46-23(37(62)63)7-5-10-43-38(40)41)49-32(57)24(14-21-16-42-18-44-21)47-33(58)25(15-29(53)54)48-34(59)27(17-52)50-30(55)20(3)45-31(56)22(39)9-12-64-4/h16,18-20,22-28,52H,5-15,17,39H2,1-4H3,(H,42,44)(H,45,56)(H,46,60)(H,47,58)(H,48,59)(H,49,57)(H,50,55)(H,53,54)(H,62,63)(H4,40,41,43)/t20-,22-,23-,24-,25-,26-,27-,28-/m0/s1. The van der Waals surface area contributed by atoms with Crippen LogP contribution in [0, 0.1) is 5.92 Å². The lowest BCUT2D eigenvalue weighted by atomic mass is 10.0. The fourth-order valence-electron chi connectivity index (χ4n) is 6.50. The number of nitrogens with zero attached hydrogens (tertiary/aromatic N) is 3. The molecule has 1 saturated heterocycles. The third-order valence-corrected chi connectivity index (χ3v) is 10.5. The number of guanidine groups is 1. The van der Waals surface area contributed by atoms with E-state index >= 15 is 0 Å². The zero-order valence-corrected chi connectivity index (χ0v) is 37.2. The largest absolute Gasteiger partial charge is 0.481 e. The number of amides is 7. The van der Waals surface area contributed by atoms with Crippen LogP contribution < -0.4 is 49.1 Å². The van der Waals surface area contributed by atoms with Gasteiger partial charge in [-0.25, -0.2) is 9.78 Å². The van der Waals surface area contributed by atoms with E-state index in [1.807, 2.05) is 6.26 Å². The van der Waals surface area contributed by atoms with E-state index in [0.717, 1.165) is 0 Å². The summed E-state index contributed by atoms with van der Waals surface area (Å²) in [5.74, 6) is -8.74. The van der Waals surface area contributed by atoms with E-state index in [9.17, 15) is 58.5 Å². The van der Waals surface area contributed by atoms with Gasteiger partial charge < -0.3 is 74.3 Å². The number of aromatic nitrogens is 2. The summed E-state index contributed by atoms with van der Waals surface area (Å²) in [4.78, 5) is 130. The molecule has 16 N–H and O–H groups in total. The maximum absolute atomic E-state index is 14.2. The number of hydrogen-bond acceptors (Lipinski definition) is 14. The zero-order valence-electron chi connectivity index (χ0n) is 36.3. The lowest BCUT2D eigenvalue weighted by Crippen LogP contribution is -2.61. The number of nitrogens with one attached hydrogen (secondary N) is 7. The van der Waals surface area contributed by atoms with Crippen molar-refractivity contribution in [2.24, 2.45) is 28.1 Å². The van der Waals surface area contributed by atoms with Crippen LogP contribution in [-0.2, 0) is 49.6 Å². The third kappa shape index (κ3) is 18.4. The molecule has 1 aliphatic heterocycles. The van der Waals surface area contributed by atoms with Gasteiger partial charge in [0.15, 0.2) is 5.96 Å². The fraction of sp³-hybridized carbons (Fsp3) is 0.658. The summed E-state index contributed by atoms with van der Waals surface area (Å²) < 4.78 is 0. The van der Waals surface area contributed by atoms with Crippen LogP contribution >= 0.6 is 11.8 Å². The Kier molecular flexibility index (Phi) is 23.0. The average molecular weight is 926 g/mol. The molecular weight excluding hydrogens is 863 g/mol. The predicted molar refractivity (Wildman–Crippen MR) is 232 cm³/mol. The van der Waals surface area contributed by atoms with E-state index in [1.54, 1.807) is 13.8 Å². The van der Waals surface area contributed by atoms with E-state index in [1.165, 1.54) is 36.1 Å². The van der Waals surface area contributed by atoms with Gasteiger partial charge in [-0.15, -0.1) is 0 Å². The van der Waals surface area contributed by atoms with Gasteiger partial charge in [-0.1, -0.05) is 13.8 Å². The molecule has 2 rings (SSSR count). The lowest BCUT2D eigenvalue weighted by Gasteiger charge is -2.31. The van der Waals surface area contributed by atoms with Crippen molar-refractivity contribution in [3.05, 3.63) is 18.2 Å². The van der Waals surface area contributed by atoms with Crippen LogP contribution in [0.15, 0.2) is 17.5 Å². The number of aliphatic hydroxyl groups excluding tert-OH is 1. The highest BCUT2D eigenvalue weighted by molar-refractivity contribution is 7.98. The fourth-order valence-corrected chi connectivity index (χ4v) is 6.99. The number of aromatic amines is 1. The first kappa shape index (κ1) is 54.1. The number of aliphatic carboxylic acids is 2. The van der Waals surface area contributed by atoms with Gasteiger partial charge in [0.2, 0.25) is 41.4 Å². The normalized spacial score (nSPS) is 16.7. The van der Waals surface area contributed by atoms with Gasteiger partial charge in [-0.2, -0.15) is 11.8 Å². The lowest BCUT2D eigenvalue weighted by molar-refractivity contribution is -0.145. The van der Waals surface area contributed by atoms with E-state index in [0.29, 0.717) is 24.3 Å². The van der Waals surface area contributed by atoms with Crippen molar-refractivity contribution < 1.29 is 58.5 Å². The van der Waals surface area contributed by atoms with Gasteiger partial charge in [0, 0.05) is 31.4 Å². The minimum absolute atomic E-state index is 0.00150. The second-order valence-corrected chi connectivity index (χ2v) is 16.6. The second kappa shape index (κ2) is 27.2. The highest BCUT2D eigenvalue weighted by Crippen LogP contribution is 2.21. The molecule has 7 amide bonds. The van der Waals surface area contributed by atoms with E-state index in [2.05, 4.69) is 46.9 Å². The minimum atomic E-state index is -1.86. The Balaban J connectivity index is 2.28. The van der Waals surface area contributed by atoms with Crippen molar-refractivity contribution in [1.82, 2.24) is 46.8 Å². The number of H-pyrrole nitrogens is 1. The molecule has 0 aromatic carbocycles. The molecular formula is C38H63N13O12S. The van der Waals surface area contributed by atoms with Crippen LogP contribution in [0.4, 0.5) is 0 Å². The van der Waals surface area contributed by atoms with Crippen LogP contribution in [-0.4, -0.2) is 169 Å². The minimum Gasteiger partial charge on any atom is -0.481 e. The van der Waals surface area contributed by atoms with Crippen molar-refractivity contribution in [2.75, 3.05) is 31.7 Å². The molecule has 0 radical (unpaired) electrons. The Hall–Kier alpha value is -6.02. The summed E-state index contributed by atoms with van der Waals surface area (Å²) in [6.45, 7) is 4.13. The number of likely N-dealkylation sites (tertiary alicyclic amines) is 1. The van der Waals surface area contributed by atoms with E-state index in [4.69, 9.17) is 17.2 Å². The summed E-state index contributed by atoms with van der Waals surface area (Å²) >= 11 is 1.47. The van der Waals surface area contributed by atoms with Crippen LogP contribution in [0.25, 0.3) is 0 Å². The maximum atomic E-state index is 14.2. The van der Waals surface area contributed by atoms with Crippen molar-refractivity contribution in [3.63, 3.8) is 0 Å². The number of thioether (sulfide) groups is 1. The number of aliphatic imine (C=N–C) groups is 1. The topological polar surface area (TPSA) is 409 Å². The van der Waals surface area contributed by atoms with Crippen molar-refractivity contribution in [1.29, 1.82) is 0 Å². The molecule has 0 aliphatic carbocycles. The first-order valence-electron chi connectivity index (χ1n) is 20.6. The molecule has 26 heteroatoms. The van der Waals surface area contributed by atoms with Gasteiger partial charge in [0.25, 0.3) is 0 Å². The monoisotopic (exact) mass is 925 g/mol. The number of carbonyl (C=O) groups is 9. The van der Waals surface area contributed by atoms with Crippen molar-refractivity contribution in [2.45, 2.75) is 120 Å². The molecule has 0 unspecified atom stereocenters. The maximum Gasteiger partial charge on any atom is 0.326 e. The Labute approximate surface area is 374 Å². The Morgan fingerprint density at radius 2 is 1.48 bits per heavy atom. The van der Waals surface area contributed by atoms with Gasteiger partial charge in [0.05, 0.1) is 25.4 Å². The number of carbonyl (C=O) groups excluding carboxylic acids is 7. The molecule has 0 bridgehead atoms. The molecule has 1 aromatic heterocycles. The average Bonchev–Trinajstić information content (AvgIpc) is 3.94. The summed E-state index contributed by atoms with van der Waals surface area (Å²) in [5, 5.41) is 43.8. The number of carboxylic acid groups (broad SMARTS) is 2. The van der Waals surface area contributed by atoms with Gasteiger partial charge in [-0.3, -0.25) is 43.3 Å². The predicted octanol–water partition coefficient (Wildman–Crippen LogP) is -4.40. The number of imidazole rings is 1. The quantitative estimate of drug-likeness (QED) is 0.0214. The molecule has 25 nitrogen and oxygen atoms in total. The van der Waals surface area contributed by atoms with Gasteiger partial charge in [-0.05, 0) is 63.4 Å². The molecule has 0 saturated carbocycles. The molecule has 1 fully saturated rings. The molecule has 358 valence electrons. The summed E-state index contributed by atoms with van der Waals surface area (Å²) in [7, 11) is 0.